The number of nitro groups is 1. The molecule has 0 aliphatic heterocycles. The van der Waals surface area contributed by atoms with Gasteiger partial charge in [0, 0.05) is 22.4 Å². The van der Waals surface area contributed by atoms with E-state index in [4.69, 9.17) is 0 Å². The molecule has 0 amide bonds. The molecule has 0 unspecified atom stereocenters. The van der Waals surface area contributed by atoms with Gasteiger partial charge < -0.3 is 0 Å². The third-order valence-corrected chi connectivity index (χ3v) is 0.463. The molecule has 0 spiro atoms. The van der Waals surface area contributed by atoms with E-state index in [0.29, 0.717) is 0 Å². The SMILES string of the molecule is CCC=C[N+](=O)[O-].[Nb]. The van der Waals surface area contributed by atoms with Crippen molar-refractivity contribution in [2.24, 2.45) is 0 Å². The Bertz CT molecular complexity index is 92.0. The summed E-state index contributed by atoms with van der Waals surface area (Å²) in [5.74, 6) is 0. The minimum Gasteiger partial charge on any atom is -0.259 e. The molecule has 0 bridgehead atoms. The van der Waals surface area contributed by atoms with E-state index in [-0.39, 0.29) is 22.4 Å². The molecule has 0 aromatic carbocycles. The normalized spacial score (nSPS) is 8.62. The first-order chi connectivity index (χ1) is 3.27. The van der Waals surface area contributed by atoms with Crippen LogP contribution in [0.25, 0.3) is 0 Å². The Morgan fingerprint density at radius 2 is 2.25 bits per heavy atom. The molecule has 4 heteroatoms. The fourth-order valence-electron chi connectivity index (χ4n) is 0.191. The van der Waals surface area contributed by atoms with E-state index in [9.17, 15) is 10.1 Å². The van der Waals surface area contributed by atoms with Crippen molar-refractivity contribution >= 4 is 0 Å². The maximum atomic E-state index is 9.48. The number of rotatable bonds is 2. The van der Waals surface area contributed by atoms with Crippen LogP contribution in [0.3, 0.4) is 0 Å². The third kappa shape index (κ3) is 9.30. The molecule has 45 valence electrons. The van der Waals surface area contributed by atoms with Crippen molar-refractivity contribution in [2.75, 3.05) is 0 Å². The molecular weight excluding hydrogens is 187 g/mol. The van der Waals surface area contributed by atoms with Crippen molar-refractivity contribution in [3.8, 4) is 0 Å². The average Bonchev–Trinajstić information content (AvgIpc) is 1.61. The number of hydrogen-bond acceptors (Lipinski definition) is 2. The second kappa shape index (κ2) is 6.88. The van der Waals surface area contributed by atoms with E-state index in [2.05, 4.69) is 0 Å². The van der Waals surface area contributed by atoms with Crippen molar-refractivity contribution in [1.82, 2.24) is 0 Å². The van der Waals surface area contributed by atoms with Crippen molar-refractivity contribution < 1.29 is 27.3 Å². The summed E-state index contributed by atoms with van der Waals surface area (Å²) >= 11 is 0. The Labute approximate surface area is 63.4 Å². The zero-order valence-electron chi connectivity index (χ0n) is 4.57. The molecule has 0 fully saturated rings. The van der Waals surface area contributed by atoms with Gasteiger partial charge in [-0.15, -0.1) is 0 Å². The molecule has 8 heavy (non-hydrogen) atoms. The summed E-state index contributed by atoms with van der Waals surface area (Å²) in [7, 11) is 0. The van der Waals surface area contributed by atoms with E-state index >= 15 is 0 Å². The summed E-state index contributed by atoms with van der Waals surface area (Å²) in [6, 6.07) is 0. The molecule has 0 aliphatic carbocycles. The van der Waals surface area contributed by atoms with E-state index in [0.717, 1.165) is 12.6 Å². The van der Waals surface area contributed by atoms with Gasteiger partial charge in [0.15, 0.2) is 0 Å². The summed E-state index contributed by atoms with van der Waals surface area (Å²) in [5, 5.41) is 9.48. The smallest absolute Gasteiger partial charge is 0.230 e. The summed E-state index contributed by atoms with van der Waals surface area (Å²) in [4.78, 5) is 9.01. The fourth-order valence-corrected chi connectivity index (χ4v) is 0.191. The number of nitrogens with zero attached hydrogens (tertiary/aromatic N) is 1. The van der Waals surface area contributed by atoms with E-state index in [1.54, 1.807) is 0 Å². The minimum atomic E-state index is -0.469. The summed E-state index contributed by atoms with van der Waals surface area (Å²) < 4.78 is 0. The third-order valence-electron chi connectivity index (χ3n) is 0.463. The summed E-state index contributed by atoms with van der Waals surface area (Å²) in [6.07, 6.45) is 3.17. The molecule has 0 aromatic rings. The molecule has 3 nitrogen and oxygen atoms in total. The predicted octanol–water partition coefficient (Wildman–Crippen LogP) is 1.18. The van der Waals surface area contributed by atoms with Crippen LogP contribution >= 0.6 is 0 Å². The molecule has 0 heterocycles. The first kappa shape index (κ1) is 10.8. The van der Waals surface area contributed by atoms with Gasteiger partial charge >= 0.3 is 0 Å². The van der Waals surface area contributed by atoms with Gasteiger partial charge in [-0.1, -0.05) is 6.92 Å². The van der Waals surface area contributed by atoms with E-state index in [1.807, 2.05) is 6.92 Å². The fraction of sp³-hybridized carbons (Fsp3) is 0.500. The first-order valence-corrected chi connectivity index (χ1v) is 2.07. The van der Waals surface area contributed by atoms with Gasteiger partial charge in [-0.3, -0.25) is 10.1 Å². The van der Waals surface area contributed by atoms with Crippen LogP contribution in [-0.2, 0) is 22.4 Å². The van der Waals surface area contributed by atoms with Crippen LogP contribution in [0.1, 0.15) is 13.3 Å². The molecule has 1 radical (unpaired) electrons. The van der Waals surface area contributed by atoms with Gasteiger partial charge in [0.2, 0.25) is 6.20 Å². The Kier molecular flexibility index (Phi) is 9.28. The van der Waals surface area contributed by atoms with Crippen LogP contribution in [0.15, 0.2) is 12.3 Å². The second-order valence-electron chi connectivity index (χ2n) is 1.08. The van der Waals surface area contributed by atoms with Crippen LogP contribution in [0.2, 0.25) is 0 Å². The van der Waals surface area contributed by atoms with Crippen molar-refractivity contribution in [3.63, 3.8) is 0 Å². The van der Waals surface area contributed by atoms with Gasteiger partial charge in [-0.2, -0.15) is 0 Å². The number of hydrogen-bond donors (Lipinski definition) is 0. The molecule has 0 aliphatic rings. The van der Waals surface area contributed by atoms with Crippen LogP contribution in [0, 0.1) is 10.1 Å². The Morgan fingerprint density at radius 3 is 2.38 bits per heavy atom. The average molecular weight is 194 g/mol. The topological polar surface area (TPSA) is 43.1 Å². The molecule has 0 saturated heterocycles. The quantitative estimate of drug-likeness (QED) is 0.376. The molecular formula is C4H7NNbO2. The zero-order chi connectivity index (χ0) is 5.70. The molecule has 0 rings (SSSR count). The van der Waals surface area contributed by atoms with Crippen LogP contribution in [-0.4, -0.2) is 4.92 Å². The molecule has 0 N–H and O–H groups in total. The number of allylic oxidation sites excluding steroid dienone is 1. The van der Waals surface area contributed by atoms with Gasteiger partial charge in [0.1, 0.15) is 0 Å². The largest absolute Gasteiger partial charge is 0.259 e. The van der Waals surface area contributed by atoms with Crippen molar-refractivity contribution in [1.29, 1.82) is 0 Å². The second-order valence-corrected chi connectivity index (χ2v) is 1.08. The van der Waals surface area contributed by atoms with Crippen LogP contribution in [0.5, 0.6) is 0 Å². The van der Waals surface area contributed by atoms with Crippen molar-refractivity contribution in [2.45, 2.75) is 13.3 Å². The van der Waals surface area contributed by atoms with Gasteiger partial charge in [-0.25, -0.2) is 0 Å². The van der Waals surface area contributed by atoms with Crippen LogP contribution < -0.4 is 0 Å². The monoisotopic (exact) mass is 194 g/mol. The Balaban J connectivity index is 0. The Hall–Kier alpha value is -0.120. The standard InChI is InChI=1S/C4H7NO2.Nb/c1-2-3-4-5(6)7;/h3-4H,2H2,1H3;. The first-order valence-electron chi connectivity index (χ1n) is 2.07. The summed E-state index contributed by atoms with van der Waals surface area (Å²) in [6.45, 7) is 1.85. The zero-order valence-corrected chi connectivity index (χ0v) is 6.77. The van der Waals surface area contributed by atoms with Crippen molar-refractivity contribution in [3.05, 3.63) is 22.4 Å². The van der Waals surface area contributed by atoms with Gasteiger partial charge in [-0.05, 0) is 12.5 Å². The van der Waals surface area contributed by atoms with Crippen LogP contribution in [0.4, 0.5) is 0 Å². The van der Waals surface area contributed by atoms with E-state index in [1.165, 1.54) is 6.08 Å². The maximum Gasteiger partial charge on any atom is 0.230 e. The minimum absolute atomic E-state index is 0. The van der Waals surface area contributed by atoms with E-state index < -0.39 is 4.92 Å². The Morgan fingerprint density at radius 1 is 1.75 bits per heavy atom. The maximum absolute atomic E-state index is 9.48. The van der Waals surface area contributed by atoms with Gasteiger partial charge in [0.25, 0.3) is 0 Å². The summed E-state index contributed by atoms with van der Waals surface area (Å²) in [5.41, 5.74) is 0. The predicted molar refractivity (Wildman–Crippen MR) is 26.4 cm³/mol. The molecule has 0 saturated carbocycles. The molecule has 0 aromatic heterocycles. The van der Waals surface area contributed by atoms with Gasteiger partial charge in [0.05, 0.1) is 4.92 Å². The molecule has 0 atom stereocenters.